The second kappa shape index (κ2) is 4.81. The number of carbonyl (C=O) groups excluding carboxylic acids is 1. The summed E-state index contributed by atoms with van der Waals surface area (Å²) in [4.78, 5) is 27.1. The van der Waals surface area contributed by atoms with Crippen LogP contribution in [0.3, 0.4) is 0 Å². The zero-order valence-corrected chi connectivity index (χ0v) is 11.0. The molecule has 3 aromatic rings. The van der Waals surface area contributed by atoms with Gasteiger partial charge in [-0.05, 0) is 24.6 Å². The summed E-state index contributed by atoms with van der Waals surface area (Å²) in [6.07, 6.45) is 0. The van der Waals surface area contributed by atoms with Crippen molar-refractivity contribution in [2.75, 3.05) is 0 Å². The average molecular weight is 266 g/mol. The number of nitrogens with zero attached hydrogens (tertiary/aromatic N) is 1. The lowest BCUT2D eigenvalue weighted by atomic mass is 10.0. The van der Waals surface area contributed by atoms with E-state index < -0.39 is 6.04 Å². The SMILES string of the molecule is CC(=O)C(c1ccccc1)n1c(=O)[nH]c2ccccc21. The Morgan fingerprint density at radius 1 is 1.05 bits per heavy atom. The third-order valence-electron chi connectivity index (χ3n) is 3.38. The lowest BCUT2D eigenvalue weighted by molar-refractivity contribution is -0.119. The summed E-state index contributed by atoms with van der Waals surface area (Å²) in [7, 11) is 0. The second-order valence-electron chi connectivity index (χ2n) is 4.74. The van der Waals surface area contributed by atoms with E-state index in [-0.39, 0.29) is 11.5 Å². The molecule has 100 valence electrons. The van der Waals surface area contributed by atoms with E-state index in [9.17, 15) is 9.59 Å². The van der Waals surface area contributed by atoms with Gasteiger partial charge in [-0.25, -0.2) is 4.79 Å². The molecule has 3 rings (SSSR count). The molecule has 0 fully saturated rings. The van der Waals surface area contributed by atoms with Crippen molar-refractivity contribution < 1.29 is 4.79 Å². The van der Waals surface area contributed by atoms with Gasteiger partial charge in [-0.2, -0.15) is 0 Å². The van der Waals surface area contributed by atoms with E-state index in [0.717, 1.165) is 16.6 Å². The Bertz CT molecular complexity index is 815. The number of imidazole rings is 1. The molecule has 20 heavy (non-hydrogen) atoms. The van der Waals surface area contributed by atoms with E-state index >= 15 is 0 Å². The largest absolute Gasteiger partial charge is 0.327 e. The average Bonchev–Trinajstić information content (AvgIpc) is 2.77. The zero-order chi connectivity index (χ0) is 14.1. The Labute approximate surface area is 115 Å². The first-order chi connectivity index (χ1) is 9.68. The van der Waals surface area contributed by atoms with Gasteiger partial charge < -0.3 is 4.98 Å². The summed E-state index contributed by atoms with van der Waals surface area (Å²) < 4.78 is 1.52. The van der Waals surface area contributed by atoms with Crippen LogP contribution in [0.2, 0.25) is 0 Å². The van der Waals surface area contributed by atoms with Crippen molar-refractivity contribution in [2.45, 2.75) is 13.0 Å². The number of carbonyl (C=O) groups is 1. The van der Waals surface area contributed by atoms with E-state index in [2.05, 4.69) is 4.98 Å². The van der Waals surface area contributed by atoms with Crippen molar-refractivity contribution in [3.63, 3.8) is 0 Å². The standard InChI is InChI=1S/C16H14N2O2/c1-11(19)15(12-7-3-2-4-8-12)18-14-10-6-5-9-13(14)17-16(18)20/h2-10,15H,1H3,(H,17,20). The van der Waals surface area contributed by atoms with Gasteiger partial charge in [0, 0.05) is 0 Å². The highest BCUT2D eigenvalue weighted by atomic mass is 16.2. The molecule has 0 amide bonds. The van der Waals surface area contributed by atoms with Crippen LogP contribution in [-0.2, 0) is 4.79 Å². The second-order valence-corrected chi connectivity index (χ2v) is 4.74. The Hall–Kier alpha value is -2.62. The van der Waals surface area contributed by atoms with Gasteiger partial charge in [-0.3, -0.25) is 9.36 Å². The van der Waals surface area contributed by atoms with Crippen LogP contribution in [-0.4, -0.2) is 15.3 Å². The number of hydrogen-bond acceptors (Lipinski definition) is 2. The van der Waals surface area contributed by atoms with Crippen molar-refractivity contribution in [3.05, 3.63) is 70.6 Å². The van der Waals surface area contributed by atoms with Crippen LogP contribution in [0.25, 0.3) is 11.0 Å². The zero-order valence-electron chi connectivity index (χ0n) is 11.0. The lowest BCUT2D eigenvalue weighted by Crippen LogP contribution is -2.27. The molecule has 0 aliphatic carbocycles. The Morgan fingerprint density at radius 3 is 2.40 bits per heavy atom. The van der Waals surface area contributed by atoms with Gasteiger partial charge in [-0.15, -0.1) is 0 Å². The fourth-order valence-corrected chi connectivity index (χ4v) is 2.53. The van der Waals surface area contributed by atoms with Gasteiger partial charge in [0.15, 0.2) is 5.78 Å². The number of H-pyrrole nitrogens is 1. The van der Waals surface area contributed by atoms with Crippen LogP contribution in [0.4, 0.5) is 0 Å². The number of fused-ring (bicyclic) bond motifs is 1. The number of para-hydroxylation sites is 2. The van der Waals surface area contributed by atoms with Gasteiger partial charge in [0.25, 0.3) is 0 Å². The summed E-state index contributed by atoms with van der Waals surface area (Å²) in [5.74, 6) is -0.0666. The monoisotopic (exact) mass is 266 g/mol. The minimum Gasteiger partial charge on any atom is -0.306 e. The molecule has 0 spiro atoms. The fraction of sp³-hybridized carbons (Fsp3) is 0.125. The minimum absolute atomic E-state index is 0.0666. The third kappa shape index (κ3) is 1.95. The third-order valence-corrected chi connectivity index (χ3v) is 3.38. The molecule has 1 N–H and O–H groups in total. The van der Waals surface area contributed by atoms with E-state index in [1.807, 2.05) is 54.6 Å². The topological polar surface area (TPSA) is 54.9 Å². The van der Waals surface area contributed by atoms with Gasteiger partial charge in [0.1, 0.15) is 6.04 Å². The number of nitrogens with one attached hydrogen (secondary N) is 1. The Kier molecular flexibility index (Phi) is 2.99. The number of ketones is 1. The van der Waals surface area contributed by atoms with Crippen LogP contribution >= 0.6 is 0 Å². The van der Waals surface area contributed by atoms with Crippen LogP contribution in [0.15, 0.2) is 59.4 Å². The van der Waals surface area contributed by atoms with Crippen molar-refractivity contribution in [3.8, 4) is 0 Å². The highest BCUT2D eigenvalue weighted by Gasteiger charge is 2.22. The maximum atomic E-state index is 12.2. The van der Waals surface area contributed by atoms with Crippen LogP contribution in [0.5, 0.6) is 0 Å². The van der Waals surface area contributed by atoms with Crippen molar-refractivity contribution in [1.82, 2.24) is 9.55 Å². The molecular formula is C16H14N2O2. The molecule has 1 aromatic heterocycles. The van der Waals surface area contributed by atoms with Crippen LogP contribution in [0, 0.1) is 0 Å². The summed E-state index contributed by atoms with van der Waals surface area (Å²) >= 11 is 0. The van der Waals surface area contributed by atoms with Gasteiger partial charge in [-0.1, -0.05) is 42.5 Å². The quantitative estimate of drug-likeness (QED) is 0.792. The maximum absolute atomic E-state index is 12.2. The molecule has 0 saturated carbocycles. The highest BCUT2D eigenvalue weighted by Crippen LogP contribution is 2.22. The number of Topliss-reactive ketones (excluding diaryl/α,β-unsaturated/α-hetero) is 1. The molecule has 4 heteroatoms. The van der Waals surface area contributed by atoms with Crippen molar-refractivity contribution in [2.24, 2.45) is 0 Å². The van der Waals surface area contributed by atoms with Crippen molar-refractivity contribution >= 4 is 16.8 Å². The molecule has 4 nitrogen and oxygen atoms in total. The van der Waals surface area contributed by atoms with E-state index in [0.29, 0.717) is 0 Å². The number of benzene rings is 2. The summed E-state index contributed by atoms with van der Waals surface area (Å²) in [6.45, 7) is 1.51. The van der Waals surface area contributed by atoms with Gasteiger partial charge in [0.2, 0.25) is 0 Å². The van der Waals surface area contributed by atoms with Crippen LogP contribution < -0.4 is 5.69 Å². The Morgan fingerprint density at radius 2 is 1.70 bits per heavy atom. The predicted molar refractivity (Wildman–Crippen MR) is 77.8 cm³/mol. The predicted octanol–water partition coefficient (Wildman–Crippen LogP) is 2.51. The van der Waals surface area contributed by atoms with Gasteiger partial charge in [0.05, 0.1) is 11.0 Å². The lowest BCUT2D eigenvalue weighted by Gasteiger charge is -2.16. The molecule has 0 saturated heterocycles. The highest BCUT2D eigenvalue weighted by molar-refractivity contribution is 5.86. The molecular weight excluding hydrogens is 252 g/mol. The van der Waals surface area contributed by atoms with Crippen molar-refractivity contribution in [1.29, 1.82) is 0 Å². The molecule has 1 heterocycles. The first-order valence-electron chi connectivity index (χ1n) is 6.43. The molecule has 0 aliphatic rings. The summed E-state index contributed by atoms with van der Waals surface area (Å²) in [5.41, 5.74) is 2.02. The van der Waals surface area contributed by atoms with E-state index in [1.54, 1.807) is 0 Å². The first kappa shape index (κ1) is 12.4. The number of aromatic nitrogens is 2. The molecule has 1 unspecified atom stereocenters. The van der Waals surface area contributed by atoms with E-state index in [4.69, 9.17) is 0 Å². The number of rotatable bonds is 3. The van der Waals surface area contributed by atoms with E-state index in [1.165, 1.54) is 11.5 Å². The van der Waals surface area contributed by atoms with Crippen LogP contribution in [0.1, 0.15) is 18.5 Å². The Balaban J connectivity index is 2.28. The maximum Gasteiger partial charge on any atom is 0.327 e. The normalized spacial score (nSPS) is 12.4. The number of hydrogen-bond donors (Lipinski definition) is 1. The summed E-state index contributed by atoms with van der Waals surface area (Å²) in [6, 6.07) is 16.1. The first-order valence-corrected chi connectivity index (χ1v) is 6.43. The summed E-state index contributed by atoms with van der Waals surface area (Å²) in [5, 5.41) is 0. The molecule has 1 atom stereocenters. The van der Waals surface area contributed by atoms with Gasteiger partial charge >= 0.3 is 5.69 Å². The fourth-order valence-electron chi connectivity index (χ4n) is 2.53. The molecule has 2 aromatic carbocycles. The smallest absolute Gasteiger partial charge is 0.306 e. The molecule has 0 bridgehead atoms. The minimum atomic E-state index is -0.597. The number of aromatic amines is 1. The molecule has 0 aliphatic heterocycles. The molecule has 0 radical (unpaired) electrons.